The smallest absolute Gasteiger partial charge is 0.0633 e. The molecule has 1 heterocycles. The monoisotopic (exact) mass is 299 g/mol. The van der Waals surface area contributed by atoms with Gasteiger partial charge in [-0.25, -0.2) is 0 Å². The number of unbranched alkanes of at least 4 members (excludes halogenated alkanes) is 3. The summed E-state index contributed by atoms with van der Waals surface area (Å²) in [5.74, 6) is 0. The van der Waals surface area contributed by atoms with Crippen LogP contribution < -0.4 is 0 Å². The first kappa shape index (κ1) is 16.0. The highest BCUT2D eigenvalue weighted by atomic mass is 32.1. The number of nitrogens with zero attached hydrogens (tertiary/aromatic N) is 1. The number of aliphatic imine (C=N–C) groups is 1. The molecule has 0 atom stereocenters. The highest BCUT2D eigenvalue weighted by Gasteiger charge is 1.99. The lowest BCUT2D eigenvalue weighted by Gasteiger charge is -1.99. The number of aryl methyl sites for hydroxylation is 3. The van der Waals surface area contributed by atoms with Crippen molar-refractivity contribution in [1.29, 1.82) is 0 Å². The molecule has 0 spiro atoms. The van der Waals surface area contributed by atoms with Crippen molar-refractivity contribution in [2.45, 2.75) is 52.9 Å². The molecule has 0 aliphatic rings. The summed E-state index contributed by atoms with van der Waals surface area (Å²) in [4.78, 5) is 7.32. The molecule has 0 fully saturated rings. The molecule has 1 nitrogen and oxygen atoms in total. The van der Waals surface area contributed by atoms with Crippen molar-refractivity contribution in [3.63, 3.8) is 0 Å². The molecule has 0 bridgehead atoms. The molecule has 0 saturated carbocycles. The van der Waals surface area contributed by atoms with Crippen LogP contribution in [-0.2, 0) is 6.42 Å². The summed E-state index contributed by atoms with van der Waals surface area (Å²) in [7, 11) is 0. The number of thiophene rings is 1. The first-order valence-electron chi connectivity index (χ1n) is 7.89. The number of hydrogen-bond acceptors (Lipinski definition) is 2. The van der Waals surface area contributed by atoms with E-state index in [9.17, 15) is 0 Å². The van der Waals surface area contributed by atoms with Gasteiger partial charge in [0.15, 0.2) is 0 Å². The van der Waals surface area contributed by atoms with Gasteiger partial charge < -0.3 is 0 Å². The normalized spacial score (nSPS) is 11.4. The van der Waals surface area contributed by atoms with E-state index in [4.69, 9.17) is 0 Å². The van der Waals surface area contributed by atoms with Crippen molar-refractivity contribution >= 4 is 23.2 Å². The van der Waals surface area contributed by atoms with Crippen LogP contribution in [0.5, 0.6) is 0 Å². The van der Waals surface area contributed by atoms with Crippen LogP contribution in [0.25, 0.3) is 0 Å². The Morgan fingerprint density at radius 1 is 1.00 bits per heavy atom. The largest absolute Gasteiger partial charge is 0.255 e. The number of hydrogen-bond donors (Lipinski definition) is 0. The van der Waals surface area contributed by atoms with Crippen LogP contribution in [0.2, 0.25) is 0 Å². The van der Waals surface area contributed by atoms with E-state index in [0.717, 1.165) is 5.69 Å². The summed E-state index contributed by atoms with van der Waals surface area (Å²) in [6, 6.07) is 10.8. The van der Waals surface area contributed by atoms with E-state index in [1.165, 1.54) is 53.0 Å². The van der Waals surface area contributed by atoms with E-state index in [1.54, 1.807) is 0 Å². The maximum atomic E-state index is 4.59. The first-order chi connectivity index (χ1) is 10.2. The molecule has 2 heteroatoms. The SMILES string of the molecule is CCCCCCc1ccc(C=Nc2ccc(C)c(C)c2)s1. The van der Waals surface area contributed by atoms with Crippen LogP contribution in [0.4, 0.5) is 5.69 Å². The summed E-state index contributed by atoms with van der Waals surface area (Å²) in [5.41, 5.74) is 3.66. The first-order valence-corrected chi connectivity index (χ1v) is 8.70. The third-order valence-electron chi connectivity index (χ3n) is 3.79. The highest BCUT2D eigenvalue weighted by molar-refractivity contribution is 7.13. The Morgan fingerprint density at radius 3 is 2.62 bits per heavy atom. The van der Waals surface area contributed by atoms with Gasteiger partial charge in [-0.05, 0) is 62.1 Å². The minimum Gasteiger partial charge on any atom is -0.255 e. The van der Waals surface area contributed by atoms with E-state index < -0.39 is 0 Å². The molecule has 0 saturated heterocycles. The third-order valence-corrected chi connectivity index (χ3v) is 4.87. The average molecular weight is 299 g/mol. The zero-order valence-corrected chi connectivity index (χ0v) is 14.2. The molecule has 0 aliphatic carbocycles. The van der Waals surface area contributed by atoms with Gasteiger partial charge in [-0.15, -0.1) is 11.3 Å². The molecule has 21 heavy (non-hydrogen) atoms. The zero-order valence-electron chi connectivity index (χ0n) is 13.4. The summed E-state index contributed by atoms with van der Waals surface area (Å²) < 4.78 is 0. The molecule has 2 rings (SSSR count). The molecule has 0 amide bonds. The Balaban J connectivity index is 1.92. The van der Waals surface area contributed by atoms with Gasteiger partial charge in [0, 0.05) is 16.0 Å². The minimum absolute atomic E-state index is 1.04. The predicted molar refractivity (Wildman–Crippen MR) is 95.3 cm³/mol. The standard InChI is InChI=1S/C19H25NS/c1-4-5-6-7-8-18-11-12-19(21-18)14-20-17-10-9-15(2)16(3)13-17/h9-14H,4-8H2,1-3H3. The van der Waals surface area contributed by atoms with Gasteiger partial charge in [-0.2, -0.15) is 0 Å². The molecule has 0 aliphatic heterocycles. The lowest BCUT2D eigenvalue weighted by molar-refractivity contribution is 0.670. The molecule has 0 N–H and O–H groups in total. The molecular formula is C19H25NS. The van der Waals surface area contributed by atoms with Crippen molar-refractivity contribution in [2.75, 3.05) is 0 Å². The Hall–Kier alpha value is -1.41. The summed E-state index contributed by atoms with van der Waals surface area (Å²) in [5, 5.41) is 0. The second-order valence-corrected chi connectivity index (χ2v) is 6.84. The maximum absolute atomic E-state index is 4.59. The van der Waals surface area contributed by atoms with E-state index in [1.807, 2.05) is 17.6 Å². The van der Waals surface area contributed by atoms with Crippen LogP contribution in [0, 0.1) is 13.8 Å². The van der Waals surface area contributed by atoms with Gasteiger partial charge >= 0.3 is 0 Å². The molecule has 1 aromatic heterocycles. The minimum atomic E-state index is 1.04. The fraction of sp³-hybridized carbons (Fsp3) is 0.421. The van der Waals surface area contributed by atoms with E-state index in [0.29, 0.717) is 0 Å². The second-order valence-electron chi connectivity index (χ2n) is 5.64. The van der Waals surface area contributed by atoms with E-state index >= 15 is 0 Å². The van der Waals surface area contributed by atoms with Crippen LogP contribution in [-0.4, -0.2) is 6.21 Å². The molecule has 2 aromatic rings. The van der Waals surface area contributed by atoms with Crippen molar-refractivity contribution in [3.05, 3.63) is 51.2 Å². The van der Waals surface area contributed by atoms with Gasteiger partial charge in [0.2, 0.25) is 0 Å². The average Bonchev–Trinajstić information content (AvgIpc) is 2.93. The Labute approximate surface area is 132 Å². The molecule has 0 radical (unpaired) electrons. The summed E-state index contributed by atoms with van der Waals surface area (Å²) in [6.07, 6.45) is 8.51. The fourth-order valence-electron chi connectivity index (χ4n) is 2.27. The number of rotatable bonds is 7. The van der Waals surface area contributed by atoms with Gasteiger partial charge in [0.05, 0.1) is 5.69 Å². The van der Waals surface area contributed by atoms with Crippen LogP contribution in [0.15, 0.2) is 35.3 Å². The van der Waals surface area contributed by atoms with Gasteiger partial charge in [-0.3, -0.25) is 4.99 Å². The van der Waals surface area contributed by atoms with Crippen molar-refractivity contribution in [2.24, 2.45) is 4.99 Å². The molecule has 0 unspecified atom stereocenters. The molecular weight excluding hydrogens is 274 g/mol. The Kier molecular flexibility index (Phi) is 6.19. The van der Waals surface area contributed by atoms with E-state index in [2.05, 4.69) is 56.1 Å². The van der Waals surface area contributed by atoms with Crippen LogP contribution in [0.3, 0.4) is 0 Å². The molecule has 112 valence electrons. The topological polar surface area (TPSA) is 12.4 Å². The van der Waals surface area contributed by atoms with Gasteiger partial charge in [-0.1, -0.05) is 32.3 Å². The summed E-state index contributed by atoms with van der Waals surface area (Å²) in [6.45, 7) is 6.52. The van der Waals surface area contributed by atoms with Gasteiger partial charge in [0.1, 0.15) is 0 Å². The Morgan fingerprint density at radius 2 is 1.86 bits per heavy atom. The number of benzene rings is 1. The lowest BCUT2D eigenvalue weighted by atomic mass is 10.1. The zero-order chi connectivity index (χ0) is 15.1. The molecule has 1 aromatic carbocycles. The van der Waals surface area contributed by atoms with Crippen LogP contribution in [0.1, 0.15) is 53.5 Å². The van der Waals surface area contributed by atoms with E-state index in [-0.39, 0.29) is 0 Å². The maximum Gasteiger partial charge on any atom is 0.0633 e. The Bertz CT molecular complexity index is 595. The predicted octanol–water partition coefficient (Wildman–Crippen LogP) is 6.24. The second kappa shape index (κ2) is 8.14. The lowest BCUT2D eigenvalue weighted by Crippen LogP contribution is -1.80. The van der Waals surface area contributed by atoms with Crippen molar-refractivity contribution < 1.29 is 0 Å². The van der Waals surface area contributed by atoms with Crippen LogP contribution >= 0.6 is 11.3 Å². The van der Waals surface area contributed by atoms with Crippen molar-refractivity contribution in [1.82, 2.24) is 0 Å². The van der Waals surface area contributed by atoms with Crippen molar-refractivity contribution in [3.8, 4) is 0 Å². The third kappa shape index (κ3) is 5.13. The summed E-state index contributed by atoms with van der Waals surface area (Å²) >= 11 is 1.87. The highest BCUT2D eigenvalue weighted by Crippen LogP contribution is 2.20. The fourth-order valence-corrected chi connectivity index (χ4v) is 3.20. The van der Waals surface area contributed by atoms with Gasteiger partial charge in [0.25, 0.3) is 0 Å². The quantitative estimate of drug-likeness (QED) is 0.424.